The van der Waals surface area contributed by atoms with Crippen LogP contribution >= 0.6 is 0 Å². The number of benzene rings is 2. The number of nitrogens with one attached hydrogen (secondary N) is 1. The molecule has 1 saturated heterocycles. The zero-order valence-corrected chi connectivity index (χ0v) is 19.3. The molecule has 1 aromatic heterocycles. The SMILES string of the molecule is Cc1ccc(NC(=O)Cn2cccc2C(=O)N2CCN(C(=O)c3ccc(F)cc3)CC2)c(C)c1. The second-order valence-corrected chi connectivity index (χ2v) is 8.48. The van der Waals surface area contributed by atoms with Crippen LogP contribution in [0.4, 0.5) is 10.1 Å². The molecule has 4 rings (SSSR count). The van der Waals surface area contributed by atoms with Crippen molar-refractivity contribution in [1.29, 1.82) is 0 Å². The van der Waals surface area contributed by atoms with Gasteiger partial charge in [0.05, 0.1) is 0 Å². The van der Waals surface area contributed by atoms with Gasteiger partial charge in [-0.2, -0.15) is 0 Å². The van der Waals surface area contributed by atoms with Gasteiger partial charge in [-0.25, -0.2) is 4.39 Å². The summed E-state index contributed by atoms with van der Waals surface area (Å²) in [7, 11) is 0. The van der Waals surface area contributed by atoms with E-state index in [0.717, 1.165) is 16.8 Å². The molecule has 2 aromatic carbocycles. The molecule has 0 bridgehead atoms. The van der Waals surface area contributed by atoms with Crippen molar-refractivity contribution in [2.45, 2.75) is 20.4 Å². The molecule has 1 fully saturated rings. The van der Waals surface area contributed by atoms with E-state index in [0.29, 0.717) is 37.4 Å². The van der Waals surface area contributed by atoms with Crippen molar-refractivity contribution in [3.05, 3.63) is 89.0 Å². The highest BCUT2D eigenvalue weighted by Crippen LogP contribution is 2.17. The van der Waals surface area contributed by atoms with Gasteiger partial charge in [-0.3, -0.25) is 14.4 Å². The van der Waals surface area contributed by atoms with Crippen LogP contribution in [-0.2, 0) is 11.3 Å². The Balaban J connectivity index is 1.35. The number of aromatic nitrogens is 1. The Labute approximate surface area is 197 Å². The van der Waals surface area contributed by atoms with Crippen LogP contribution in [0, 0.1) is 19.7 Å². The number of anilines is 1. The average molecular weight is 463 g/mol. The van der Waals surface area contributed by atoms with E-state index in [1.54, 1.807) is 32.7 Å². The Morgan fingerprint density at radius 1 is 0.882 bits per heavy atom. The summed E-state index contributed by atoms with van der Waals surface area (Å²) in [5, 5.41) is 2.91. The molecular weight excluding hydrogens is 435 g/mol. The van der Waals surface area contributed by atoms with Crippen LogP contribution < -0.4 is 5.32 Å². The summed E-state index contributed by atoms with van der Waals surface area (Å²) in [5.74, 6) is -0.971. The van der Waals surface area contributed by atoms with Crippen molar-refractivity contribution >= 4 is 23.4 Å². The molecule has 3 aromatic rings. The molecule has 0 aliphatic carbocycles. The lowest BCUT2D eigenvalue weighted by molar-refractivity contribution is -0.116. The van der Waals surface area contributed by atoms with Crippen LogP contribution in [0.2, 0.25) is 0 Å². The topological polar surface area (TPSA) is 74.7 Å². The first-order chi connectivity index (χ1) is 16.3. The van der Waals surface area contributed by atoms with Gasteiger partial charge in [0.25, 0.3) is 11.8 Å². The molecule has 34 heavy (non-hydrogen) atoms. The maximum atomic E-state index is 13.1. The molecule has 1 aliphatic heterocycles. The zero-order valence-electron chi connectivity index (χ0n) is 19.3. The minimum absolute atomic E-state index is 0.0183. The van der Waals surface area contributed by atoms with Gasteiger partial charge in [-0.15, -0.1) is 0 Å². The van der Waals surface area contributed by atoms with E-state index < -0.39 is 5.82 Å². The average Bonchev–Trinajstić information content (AvgIpc) is 3.28. The molecule has 0 unspecified atom stereocenters. The molecule has 8 heteroatoms. The zero-order chi connectivity index (χ0) is 24.2. The predicted molar refractivity (Wildman–Crippen MR) is 127 cm³/mol. The lowest BCUT2D eigenvalue weighted by atomic mass is 10.1. The Hall–Kier alpha value is -3.94. The first-order valence-electron chi connectivity index (χ1n) is 11.2. The van der Waals surface area contributed by atoms with E-state index in [9.17, 15) is 18.8 Å². The quantitative estimate of drug-likeness (QED) is 0.631. The number of halogens is 1. The summed E-state index contributed by atoms with van der Waals surface area (Å²) in [6.45, 7) is 5.48. The van der Waals surface area contributed by atoms with Gasteiger partial charge in [-0.05, 0) is 61.9 Å². The van der Waals surface area contributed by atoms with Crippen molar-refractivity contribution in [3.8, 4) is 0 Å². The summed E-state index contributed by atoms with van der Waals surface area (Å²) < 4.78 is 14.8. The van der Waals surface area contributed by atoms with Crippen LogP contribution in [0.5, 0.6) is 0 Å². The third-order valence-corrected chi connectivity index (χ3v) is 5.96. The predicted octanol–water partition coefficient (Wildman–Crippen LogP) is 3.48. The highest BCUT2D eigenvalue weighted by Gasteiger charge is 2.27. The Kier molecular flexibility index (Phi) is 6.77. The van der Waals surface area contributed by atoms with Crippen molar-refractivity contribution in [2.24, 2.45) is 0 Å². The van der Waals surface area contributed by atoms with Crippen LogP contribution in [-0.4, -0.2) is 58.3 Å². The van der Waals surface area contributed by atoms with E-state index in [2.05, 4.69) is 5.32 Å². The van der Waals surface area contributed by atoms with Crippen LogP contribution in [0.3, 0.4) is 0 Å². The van der Waals surface area contributed by atoms with Gasteiger partial charge in [-0.1, -0.05) is 17.7 Å². The summed E-state index contributed by atoms with van der Waals surface area (Å²) in [6, 6.07) is 14.7. The van der Waals surface area contributed by atoms with Crippen LogP contribution in [0.1, 0.15) is 32.0 Å². The third-order valence-electron chi connectivity index (χ3n) is 5.96. The number of piperazine rings is 1. The number of aryl methyl sites for hydroxylation is 2. The minimum atomic E-state index is -0.391. The Morgan fingerprint density at radius 2 is 1.53 bits per heavy atom. The summed E-state index contributed by atoms with van der Waals surface area (Å²) >= 11 is 0. The summed E-state index contributed by atoms with van der Waals surface area (Å²) in [6.07, 6.45) is 1.71. The molecule has 0 spiro atoms. The fourth-order valence-corrected chi connectivity index (χ4v) is 4.09. The molecule has 1 N–H and O–H groups in total. The van der Waals surface area contributed by atoms with Gasteiger partial charge in [0.15, 0.2) is 0 Å². The van der Waals surface area contributed by atoms with E-state index in [-0.39, 0.29) is 24.3 Å². The standard InChI is InChI=1S/C26H27FN4O3/c1-18-5-10-22(19(2)16-18)28-24(32)17-31-11-3-4-23(31)26(34)30-14-12-29(13-15-30)25(33)20-6-8-21(27)9-7-20/h3-11,16H,12-15,17H2,1-2H3,(H,28,32). The van der Waals surface area contributed by atoms with E-state index in [1.165, 1.54) is 24.3 Å². The van der Waals surface area contributed by atoms with Crippen molar-refractivity contribution in [1.82, 2.24) is 14.4 Å². The van der Waals surface area contributed by atoms with Gasteiger partial charge in [0.2, 0.25) is 5.91 Å². The maximum absolute atomic E-state index is 13.1. The monoisotopic (exact) mass is 462 g/mol. The van der Waals surface area contributed by atoms with E-state index in [1.807, 2.05) is 32.0 Å². The lowest BCUT2D eigenvalue weighted by Crippen LogP contribution is -2.51. The first-order valence-corrected chi connectivity index (χ1v) is 11.2. The summed E-state index contributed by atoms with van der Waals surface area (Å²) in [4.78, 5) is 41.7. The van der Waals surface area contributed by atoms with E-state index >= 15 is 0 Å². The molecule has 1 aliphatic rings. The number of amides is 3. The molecule has 0 radical (unpaired) electrons. The molecule has 0 atom stereocenters. The first kappa shape index (κ1) is 23.2. The Morgan fingerprint density at radius 3 is 2.18 bits per heavy atom. The van der Waals surface area contributed by atoms with Gasteiger partial charge < -0.3 is 19.7 Å². The lowest BCUT2D eigenvalue weighted by Gasteiger charge is -2.35. The number of hydrogen-bond acceptors (Lipinski definition) is 3. The number of rotatable bonds is 5. The largest absolute Gasteiger partial charge is 0.335 e. The highest BCUT2D eigenvalue weighted by molar-refractivity contribution is 5.96. The fourth-order valence-electron chi connectivity index (χ4n) is 4.09. The van der Waals surface area contributed by atoms with Gasteiger partial charge in [0, 0.05) is 43.6 Å². The molecule has 3 amide bonds. The van der Waals surface area contributed by atoms with Crippen LogP contribution in [0.15, 0.2) is 60.8 Å². The smallest absolute Gasteiger partial charge is 0.270 e. The normalized spacial score (nSPS) is 13.6. The number of hydrogen-bond donors (Lipinski definition) is 1. The summed E-state index contributed by atoms with van der Waals surface area (Å²) in [5.41, 5.74) is 3.69. The molecule has 2 heterocycles. The minimum Gasteiger partial charge on any atom is -0.335 e. The second-order valence-electron chi connectivity index (χ2n) is 8.48. The molecule has 0 saturated carbocycles. The van der Waals surface area contributed by atoms with Crippen molar-refractivity contribution < 1.29 is 18.8 Å². The van der Waals surface area contributed by atoms with Crippen LogP contribution in [0.25, 0.3) is 0 Å². The molecule has 176 valence electrons. The van der Waals surface area contributed by atoms with E-state index in [4.69, 9.17) is 0 Å². The fraction of sp³-hybridized carbons (Fsp3) is 0.269. The number of carbonyl (C=O) groups excluding carboxylic acids is 3. The molecular formula is C26H27FN4O3. The van der Waals surface area contributed by atoms with Gasteiger partial charge in [0.1, 0.15) is 18.1 Å². The third kappa shape index (κ3) is 5.17. The van der Waals surface area contributed by atoms with Gasteiger partial charge >= 0.3 is 0 Å². The second kappa shape index (κ2) is 9.91. The van der Waals surface area contributed by atoms with Crippen molar-refractivity contribution in [3.63, 3.8) is 0 Å². The van der Waals surface area contributed by atoms with Crippen molar-refractivity contribution in [2.75, 3.05) is 31.5 Å². The number of carbonyl (C=O) groups is 3. The Bertz CT molecular complexity index is 1210. The number of nitrogens with zero attached hydrogens (tertiary/aromatic N) is 3. The maximum Gasteiger partial charge on any atom is 0.270 e. The molecule has 7 nitrogen and oxygen atoms in total. The highest BCUT2D eigenvalue weighted by atomic mass is 19.1.